The van der Waals surface area contributed by atoms with E-state index in [2.05, 4.69) is 15.8 Å². The lowest BCUT2D eigenvalue weighted by Gasteiger charge is -2.37. The van der Waals surface area contributed by atoms with E-state index in [1.165, 1.54) is 12.1 Å². The molecule has 0 aliphatic carbocycles. The minimum atomic E-state index is -0.284. The van der Waals surface area contributed by atoms with Crippen molar-refractivity contribution in [3.05, 3.63) is 59.9 Å². The van der Waals surface area contributed by atoms with Gasteiger partial charge in [-0.2, -0.15) is 0 Å². The molecular weight excluding hydrogens is 347 g/mol. The van der Waals surface area contributed by atoms with Gasteiger partial charge in [-0.1, -0.05) is 24.3 Å². The molecule has 0 aromatic heterocycles. The summed E-state index contributed by atoms with van der Waals surface area (Å²) >= 11 is 0. The van der Waals surface area contributed by atoms with E-state index in [-0.39, 0.29) is 29.4 Å². The van der Waals surface area contributed by atoms with Crippen LogP contribution in [0.3, 0.4) is 0 Å². The first-order valence-corrected chi connectivity index (χ1v) is 9.19. The van der Waals surface area contributed by atoms with Crippen molar-refractivity contribution in [3.8, 4) is 5.75 Å². The molecule has 2 heterocycles. The smallest absolute Gasteiger partial charge is 0.229 e. The number of phenolic OH excluding ortho intramolecular Hbond substituents is 1. The van der Waals surface area contributed by atoms with Crippen molar-refractivity contribution in [2.24, 2.45) is 5.92 Å². The van der Waals surface area contributed by atoms with Gasteiger partial charge in [-0.05, 0) is 29.8 Å². The Hall–Kier alpha value is -2.64. The summed E-state index contributed by atoms with van der Waals surface area (Å²) in [4.78, 5) is 17.0. The van der Waals surface area contributed by atoms with E-state index in [9.17, 15) is 14.3 Å². The van der Waals surface area contributed by atoms with Crippen molar-refractivity contribution in [2.45, 2.75) is 6.04 Å². The summed E-state index contributed by atoms with van der Waals surface area (Å²) in [5.74, 6) is -0.156. The second kappa shape index (κ2) is 7.54. The molecule has 0 bridgehead atoms. The predicted octanol–water partition coefficient (Wildman–Crippen LogP) is 1.65. The molecule has 27 heavy (non-hydrogen) atoms. The first-order chi connectivity index (χ1) is 13.1. The molecule has 7 heteroatoms. The minimum absolute atomic E-state index is 0.0961. The number of para-hydroxylation sites is 2. The number of anilines is 1. The summed E-state index contributed by atoms with van der Waals surface area (Å²) < 4.78 is 13.2. The molecular formula is C20H23FN4O2. The van der Waals surface area contributed by atoms with Crippen LogP contribution in [0.2, 0.25) is 0 Å². The number of aromatic hydroxyl groups is 1. The fourth-order valence-corrected chi connectivity index (χ4v) is 3.85. The number of hydrazine groups is 1. The highest BCUT2D eigenvalue weighted by Gasteiger charge is 2.37. The van der Waals surface area contributed by atoms with Gasteiger partial charge in [0, 0.05) is 32.7 Å². The summed E-state index contributed by atoms with van der Waals surface area (Å²) in [5.41, 5.74) is 7.90. The number of hydrogen-bond donors (Lipinski definition) is 3. The monoisotopic (exact) mass is 370 g/mol. The van der Waals surface area contributed by atoms with E-state index in [0.717, 1.165) is 11.3 Å². The lowest BCUT2D eigenvalue weighted by Crippen LogP contribution is -2.51. The third-order valence-electron chi connectivity index (χ3n) is 5.34. The zero-order chi connectivity index (χ0) is 18.8. The molecule has 2 aliphatic heterocycles. The van der Waals surface area contributed by atoms with Crippen molar-refractivity contribution in [3.63, 3.8) is 0 Å². The van der Waals surface area contributed by atoms with Crippen LogP contribution in [0.1, 0.15) is 11.6 Å². The number of amides is 1. The number of piperazine rings is 1. The fraction of sp³-hybridized carbons (Fsp3) is 0.350. The van der Waals surface area contributed by atoms with E-state index >= 15 is 0 Å². The predicted molar refractivity (Wildman–Crippen MR) is 101 cm³/mol. The van der Waals surface area contributed by atoms with Crippen molar-refractivity contribution < 1.29 is 14.3 Å². The molecule has 6 nitrogen and oxygen atoms in total. The molecule has 142 valence electrons. The summed E-state index contributed by atoms with van der Waals surface area (Å²) in [7, 11) is 0. The molecule has 1 amide bonds. The number of halogens is 1. The van der Waals surface area contributed by atoms with Crippen LogP contribution in [-0.2, 0) is 4.79 Å². The number of benzene rings is 2. The Morgan fingerprint density at radius 1 is 1.04 bits per heavy atom. The van der Waals surface area contributed by atoms with Gasteiger partial charge in [0.1, 0.15) is 11.6 Å². The quantitative estimate of drug-likeness (QED) is 0.767. The van der Waals surface area contributed by atoms with Gasteiger partial charge in [-0.3, -0.25) is 10.2 Å². The Bertz CT molecular complexity index is 806. The number of phenols is 1. The number of carbonyl (C=O) groups is 1. The molecule has 4 rings (SSSR count). The van der Waals surface area contributed by atoms with Gasteiger partial charge in [0.15, 0.2) is 0 Å². The summed E-state index contributed by atoms with van der Waals surface area (Å²) in [6.07, 6.45) is 0. The van der Waals surface area contributed by atoms with Gasteiger partial charge < -0.3 is 14.9 Å². The lowest BCUT2D eigenvalue weighted by molar-refractivity contribution is -0.135. The average molecular weight is 370 g/mol. The highest BCUT2D eigenvalue weighted by molar-refractivity contribution is 5.81. The number of carbonyl (C=O) groups excluding carboxylic acids is 1. The fourth-order valence-electron chi connectivity index (χ4n) is 3.85. The standard InChI is InChI=1S/C20H23FN4O2/c21-15-7-5-14(6-8-15)19-16(13-22-23-19)20(27)25-11-9-24(10-12-25)17-3-1-2-4-18(17)26/h1-8,16,19,22-23,26H,9-13H2. The molecule has 2 saturated heterocycles. The molecule has 0 saturated carbocycles. The second-order valence-electron chi connectivity index (χ2n) is 6.96. The molecule has 3 N–H and O–H groups in total. The maximum Gasteiger partial charge on any atom is 0.229 e. The van der Waals surface area contributed by atoms with Crippen LogP contribution in [0.15, 0.2) is 48.5 Å². The van der Waals surface area contributed by atoms with Crippen LogP contribution in [0.25, 0.3) is 0 Å². The molecule has 2 unspecified atom stereocenters. The van der Waals surface area contributed by atoms with Crippen molar-refractivity contribution in [1.82, 2.24) is 15.8 Å². The zero-order valence-corrected chi connectivity index (χ0v) is 14.9. The maximum absolute atomic E-state index is 13.2. The van der Waals surface area contributed by atoms with Crippen LogP contribution in [0.5, 0.6) is 5.75 Å². The van der Waals surface area contributed by atoms with E-state index in [1.807, 2.05) is 17.0 Å². The molecule has 2 fully saturated rings. The number of hydrogen-bond acceptors (Lipinski definition) is 5. The molecule has 2 aromatic rings. The Balaban J connectivity index is 1.41. The van der Waals surface area contributed by atoms with Crippen LogP contribution < -0.4 is 15.8 Å². The van der Waals surface area contributed by atoms with E-state index < -0.39 is 0 Å². The maximum atomic E-state index is 13.2. The minimum Gasteiger partial charge on any atom is -0.506 e. The number of nitrogens with zero attached hydrogens (tertiary/aromatic N) is 2. The van der Waals surface area contributed by atoms with Gasteiger partial charge in [-0.25, -0.2) is 9.82 Å². The highest BCUT2D eigenvalue weighted by atomic mass is 19.1. The first kappa shape index (κ1) is 17.8. The van der Waals surface area contributed by atoms with Crippen LogP contribution in [0, 0.1) is 11.7 Å². The van der Waals surface area contributed by atoms with Gasteiger partial charge in [0.2, 0.25) is 5.91 Å². The van der Waals surface area contributed by atoms with Gasteiger partial charge in [0.05, 0.1) is 17.6 Å². The van der Waals surface area contributed by atoms with E-state index in [1.54, 1.807) is 24.3 Å². The van der Waals surface area contributed by atoms with E-state index in [4.69, 9.17) is 0 Å². The first-order valence-electron chi connectivity index (χ1n) is 9.19. The Morgan fingerprint density at radius 2 is 1.74 bits per heavy atom. The number of rotatable bonds is 3. The second-order valence-corrected chi connectivity index (χ2v) is 6.96. The summed E-state index contributed by atoms with van der Waals surface area (Å²) in [6.45, 7) is 3.12. The molecule has 0 spiro atoms. The van der Waals surface area contributed by atoms with Gasteiger partial charge >= 0.3 is 0 Å². The summed E-state index contributed by atoms with van der Waals surface area (Å²) in [6, 6.07) is 13.4. The van der Waals surface area contributed by atoms with Crippen LogP contribution >= 0.6 is 0 Å². The summed E-state index contributed by atoms with van der Waals surface area (Å²) in [5, 5.41) is 10.0. The molecule has 0 radical (unpaired) electrons. The Morgan fingerprint density at radius 3 is 2.44 bits per heavy atom. The molecule has 2 atom stereocenters. The molecule has 2 aromatic carbocycles. The van der Waals surface area contributed by atoms with Crippen molar-refractivity contribution in [1.29, 1.82) is 0 Å². The highest BCUT2D eigenvalue weighted by Crippen LogP contribution is 2.29. The van der Waals surface area contributed by atoms with Gasteiger partial charge in [0.25, 0.3) is 0 Å². The van der Waals surface area contributed by atoms with Crippen LogP contribution in [-0.4, -0.2) is 48.6 Å². The largest absolute Gasteiger partial charge is 0.506 e. The molecule has 2 aliphatic rings. The van der Waals surface area contributed by atoms with Crippen LogP contribution in [0.4, 0.5) is 10.1 Å². The van der Waals surface area contributed by atoms with E-state index in [0.29, 0.717) is 32.7 Å². The number of nitrogens with one attached hydrogen (secondary N) is 2. The van der Waals surface area contributed by atoms with Crippen molar-refractivity contribution in [2.75, 3.05) is 37.6 Å². The Kier molecular flexibility index (Phi) is 4.96. The third-order valence-corrected chi connectivity index (χ3v) is 5.34. The zero-order valence-electron chi connectivity index (χ0n) is 14.9. The van der Waals surface area contributed by atoms with Gasteiger partial charge in [-0.15, -0.1) is 0 Å². The lowest BCUT2D eigenvalue weighted by atomic mass is 9.93. The topological polar surface area (TPSA) is 67.8 Å². The van der Waals surface area contributed by atoms with Crippen molar-refractivity contribution >= 4 is 11.6 Å². The Labute approximate surface area is 157 Å². The average Bonchev–Trinajstić information content (AvgIpc) is 3.18. The third kappa shape index (κ3) is 3.61. The normalized spacial score (nSPS) is 22.9. The SMILES string of the molecule is O=C(C1CNNC1c1ccc(F)cc1)N1CCN(c2ccccc2O)CC1.